The van der Waals surface area contributed by atoms with Crippen molar-refractivity contribution in [3.05, 3.63) is 47.4 Å². The van der Waals surface area contributed by atoms with E-state index in [9.17, 15) is 9.59 Å². The molecule has 2 heterocycles. The van der Waals surface area contributed by atoms with Gasteiger partial charge in [-0.3, -0.25) is 4.79 Å². The smallest absolute Gasteiger partial charge is 0.318 e. The lowest BCUT2D eigenvalue weighted by Crippen LogP contribution is -2.54. The number of ether oxygens (including phenoxy) is 2. The molecule has 3 rings (SSSR count). The first-order valence-corrected chi connectivity index (χ1v) is 10.0. The number of hydrogen-bond donors (Lipinski definition) is 2. The number of rotatable bonds is 7. The third-order valence-corrected chi connectivity index (χ3v) is 5.25. The molecule has 0 fully saturated rings. The number of nitrogens with zero attached hydrogens (tertiary/aromatic N) is 1. The largest absolute Gasteiger partial charge is 0.493 e. The molecule has 1 aromatic carbocycles. The fourth-order valence-corrected chi connectivity index (χ4v) is 3.51. The fourth-order valence-electron chi connectivity index (χ4n) is 3.51. The van der Waals surface area contributed by atoms with Gasteiger partial charge in [0, 0.05) is 13.1 Å². The number of benzene rings is 1. The van der Waals surface area contributed by atoms with Crippen molar-refractivity contribution in [2.24, 2.45) is 5.92 Å². The van der Waals surface area contributed by atoms with Crippen LogP contribution in [-0.4, -0.2) is 43.6 Å². The van der Waals surface area contributed by atoms with Crippen LogP contribution in [0, 0.1) is 5.92 Å². The Hall–Kier alpha value is -3.16. The zero-order chi connectivity index (χ0) is 21.7. The van der Waals surface area contributed by atoms with Gasteiger partial charge in [-0.05, 0) is 47.7 Å². The van der Waals surface area contributed by atoms with Crippen molar-refractivity contribution in [2.45, 2.75) is 39.4 Å². The van der Waals surface area contributed by atoms with Crippen LogP contribution in [-0.2, 0) is 24.3 Å². The van der Waals surface area contributed by atoms with Crippen LogP contribution in [0.15, 0.2) is 34.9 Å². The molecule has 1 aromatic heterocycles. The van der Waals surface area contributed by atoms with Crippen molar-refractivity contribution in [1.82, 2.24) is 15.5 Å². The van der Waals surface area contributed by atoms with Crippen LogP contribution < -0.4 is 20.1 Å². The molecule has 0 radical (unpaired) electrons. The number of furan rings is 1. The second-order valence-corrected chi connectivity index (χ2v) is 7.62. The number of amides is 3. The summed E-state index contributed by atoms with van der Waals surface area (Å²) in [6.45, 7) is 5.09. The molecule has 2 aromatic rings. The predicted octanol–water partition coefficient (Wildman–Crippen LogP) is 2.71. The van der Waals surface area contributed by atoms with Crippen molar-refractivity contribution in [1.29, 1.82) is 0 Å². The molecule has 30 heavy (non-hydrogen) atoms. The number of hydrogen-bond acceptors (Lipinski definition) is 5. The molecule has 1 atom stereocenters. The summed E-state index contributed by atoms with van der Waals surface area (Å²) in [7, 11) is 3.20. The van der Waals surface area contributed by atoms with E-state index in [-0.39, 0.29) is 24.4 Å². The lowest BCUT2D eigenvalue weighted by atomic mass is 9.99. The van der Waals surface area contributed by atoms with Crippen LogP contribution in [0.2, 0.25) is 0 Å². The van der Waals surface area contributed by atoms with Crippen LogP contribution in [0.3, 0.4) is 0 Å². The average molecular weight is 415 g/mol. The average Bonchev–Trinajstić information content (AvgIpc) is 3.27. The van der Waals surface area contributed by atoms with E-state index in [4.69, 9.17) is 13.9 Å². The van der Waals surface area contributed by atoms with E-state index < -0.39 is 6.04 Å². The van der Waals surface area contributed by atoms with Crippen molar-refractivity contribution in [2.75, 3.05) is 20.8 Å². The number of carbonyl (C=O) groups is 2. The maximum atomic E-state index is 12.9. The molecule has 0 unspecified atom stereocenters. The van der Waals surface area contributed by atoms with E-state index in [2.05, 4.69) is 10.6 Å². The van der Waals surface area contributed by atoms with Gasteiger partial charge < -0.3 is 29.4 Å². The highest BCUT2D eigenvalue weighted by Gasteiger charge is 2.28. The summed E-state index contributed by atoms with van der Waals surface area (Å²) in [6.07, 6.45) is 2.27. The summed E-state index contributed by atoms with van der Waals surface area (Å²) in [5, 5.41) is 5.71. The molecule has 1 aliphatic rings. The van der Waals surface area contributed by atoms with Gasteiger partial charge in [0.2, 0.25) is 5.91 Å². The van der Waals surface area contributed by atoms with Gasteiger partial charge in [-0.1, -0.05) is 13.8 Å². The van der Waals surface area contributed by atoms with Crippen molar-refractivity contribution >= 4 is 11.9 Å². The summed E-state index contributed by atoms with van der Waals surface area (Å²) < 4.78 is 16.0. The quantitative estimate of drug-likeness (QED) is 0.725. The molecule has 0 saturated heterocycles. The van der Waals surface area contributed by atoms with Crippen molar-refractivity contribution < 1.29 is 23.5 Å². The van der Waals surface area contributed by atoms with Crippen LogP contribution in [0.5, 0.6) is 11.5 Å². The molecule has 8 nitrogen and oxygen atoms in total. The minimum atomic E-state index is -0.640. The lowest BCUT2D eigenvalue weighted by Gasteiger charge is -2.32. The standard InChI is InChI=1S/C22H29N3O5/c1-14(2)20(21(26)23-12-17-6-5-9-30-17)24-22(27)25-8-7-15-10-18(28-3)19(29-4)11-16(15)13-25/h5-6,9-11,14,20H,7-8,12-13H2,1-4H3,(H,23,26)(H,24,27)/t20-/m0/s1. The Kier molecular flexibility index (Phi) is 6.87. The summed E-state index contributed by atoms with van der Waals surface area (Å²) in [5.41, 5.74) is 2.14. The SMILES string of the molecule is COc1cc2c(cc1OC)CN(C(=O)N[C@H](C(=O)NCc1ccco1)C(C)C)CC2. The Morgan fingerprint density at radius 2 is 1.87 bits per heavy atom. The number of carbonyl (C=O) groups excluding carboxylic acids is 2. The summed E-state index contributed by atoms with van der Waals surface area (Å²) in [4.78, 5) is 27.2. The van der Waals surface area contributed by atoms with E-state index in [0.29, 0.717) is 36.8 Å². The summed E-state index contributed by atoms with van der Waals surface area (Å²) >= 11 is 0. The molecule has 1 aliphatic heterocycles. The Balaban J connectivity index is 1.64. The number of urea groups is 1. The molecule has 0 spiro atoms. The summed E-state index contributed by atoms with van der Waals surface area (Å²) in [5.74, 6) is 1.68. The maximum absolute atomic E-state index is 12.9. The molecular weight excluding hydrogens is 386 g/mol. The molecule has 8 heteroatoms. The van der Waals surface area contributed by atoms with Gasteiger partial charge in [0.1, 0.15) is 11.8 Å². The Bertz CT molecular complexity index is 879. The fraction of sp³-hybridized carbons (Fsp3) is 0.455. The Labute approximate surface area is 176 Å². The van der Waals surface area contributed by atoms with Crippen LogP contribution in [0.25, 0.3) is 0 Å². The van der Waals surface area contributed by atoms with E-state index in [1.807, 2.05) is 26.0 Å². The second kappa shape index (κ2) is 9.56. The van der Waals surface area contributed by atoms with Crippen LogP contribution in [0.4, 0.5) is 4.79 Å². The van der Waals surface area contributed by atoms with Gasteiger partial charge >= 0.3 is 6.03 Å². The van der Waals surface area contributed by atoms with Gasteiger partial charge in [0.15, 0.2) is 11.5 Å². The molecule has 0 aliphatic carbocycles. The van der Waals surface area contributed by atoms with E-state index in [0.717, 1.165) is 11.1 Å². The topological polar surface area (TPSA) is 93.0 Å². The Morgan fingerprint density at radius 1 is 1.17 bits per heavy atom. The zero-order valence-corrected chi connectivity index (χ0v) is 17.9. The lowest BCUT2D eigenvalue weighted by molar-refractivity contribution is -0.124. The van der Waals surface area contributed by atoms with E-state index in [1.165, 1.54) is 0 Å². The Morgan fingerprint density at radius 3 is 2.47 bits per heavy atom. The predicted molar refractivity (Wildman–Crippen MR) is 111 cm³/mol. The van der Waals surface area contributed by atoms with Gasteiger partial charge in [0.05, 0.1) is 27.0 Å². The number of nitrogens with one attached hydrogen (secondary N) is 2. The number of fused-ring (bicyclic) bond motifs is 1. The highest BCUT2D eigenvalue weighted by Crippen LogP contribution is 2.33. The first-order chi connectivity index (χ1) is 14.4. The van der Waals surface area contributed by atoms with Crippen molar-refractivity contribution in [3.63, 3.8) is 0 Å². The summed E-state index contributed by atoms with van der Waals surface area (Å²) in [6, 6.07) is 6.52. The molecule has 3 amide bonds. The van der Waals surface area contributed by atoms with Crippen LogP contribution >= 0.6 is 0 Å². The molecule has 0 bridgehead atoms. The number of methoxy groups -OCH3 is 2. The van der Waals surface area contributed by atoms with Gasteiger partial charge in [0.25, 0.3) is 0 Å². The zero-order valence-electron chi connectivity index (χ0n) is 17.9. The molecule has 0 saturated carbocycles. The third kappa shape index (κ3) is 4.87. The van der Waals surface area contributed by atoms with Gasteiger partial charge in [-0.2, -0.15) is 0 Å². The molecular formula is C22H29N3O5. The van der Waals surface area contributed by atoms with Gasteiger partial charge in [-0.25, -0.2) is 4.79 Å². The minimum absolute atomic E-state index is 0.0630. The highest BCUT2D eigenvalue weighted by molar-refractivity contribution is 5.87. The normalized spacial score (nSPS) is 14.1. The molecule has 162 valence electrons. The molecule has 2 N–H and O–H groups in total. The minimum Gasteiger partial charge on any atom is -0.493 e. The monoisotopic (exact) mass is 415 g/mol. The van der Waals surface area contributed by atoms with E-state index in [1.54, 1.807) is 37.5 Å². The second-order valence-electron chi connectivity index (χ2n) is 7.62. The first kappa shape index (κ1) is 21.5. The van der Waals surface area contributed by atoms with Crippen molar-refractivity contribution in [3.8, 4) is 11.5 Å². The maximum Gasteiger partial charge on any atom is 0.318 e. The third-order valence-electron chi connectivity index (χ3n) is 5.25. The van der Waals surface area contributed by atoms with Gasteiger partial charge in [-0.15, -0.1) is 0 Å². The first-order valence-electron chi connectivity index (χ1n) is 10.0. The van der Waals surface area contributed by atoms with E-state index >= 15 is 0 Å². The highest BCUT2D eigenvalue weighted by atomic mass is 16.5. The van der Waals surface area contributed by atoms with Crippen LogP contribution in [0.1, 0.15) is 30.7 Å².